The summed E-state index contributed by atoms with van der Waals surface area (Å²) in [5.41, 5.74) is 3.21. The SMILES string of the molecule is COc1ccc(NC(=O)[C@@H](C)Sc2nc(-c3ccc(OC)cc3)nc3c2COC(C)(C)C3)cc1. The molecule has 3 aromatic rings. The Bertz CT molecular complexity index is 1160. The van der Waals surface area contributed by atoms with Gasteiger partial charge in [0.2, 0.25) is 5.91 Å². The highest BCUT2D eigenvalue weighted by Gasteiger charge is 2.31. The van der Waals surface area contributed by atoms with Gasteiger partial charge in [0.25, 0.3) is 0 Å². The molecule has 0 fully saturated rings. The van der Waals surface area contributed by atoms with E-state index in [1.807, 2.05) is 55.5 Å². The van der Waals surface area contributed by atoms with Crippen LogP contribution in [-0.2, 0) is 22.6 Å². The van der Waals surface area contributed by atoms with E-state index in [-0.39, 0.29) is 16.8 Å². The first-order chi connectivity index (χ1) is 16.3. The average Bonchev–Trinajstić information content (AvgIpc) is 2.83. The quantitative estimate of drug-likeness (QED) is 0.371. The number of aromatic nitrogens is 2. The van der Waals surface area contributed by atoms with Crippen molar-refractivity contribution in [2.45, 2.75) is 49.7 Å². The summed E-state index contributed by atoms with van der Waals surface area (Å²) >= 11 is 1.42. The standard InChI is InChI=1S/C26H29N3O4S/c1-16(24(30)27-18-8-12-20(32-5)13-9-18)34-25-21-15-33-26(2,3)14-22(21)28-23(29-25)17-6-10-19(31-4)11-7-17/h6-13,16H,14-15H2,1-5H3,(H,27,30)/t16-/m1/s1. The fraction of sp³-hybridized carbons (Fsp3) is 0.346. The first kappa shape index (κ1) is 24.0. The van der Waals surface area contributed by atoms with Gasteiger partial charge in [-0.3, -0.25) is 4.79 Å². The maximum atomic E-state index is 12.9. The largest absolute Gasteiger partial charge is 0.497 e. The number of hydrogen-bond donors (Lipinski definition) is 1. The fourth-order valence-corrected chi connectivity index (χ4v) is 4.59. The van der Waals surface area contributed by atoms with Crippen LogP contribution in [0.25, 0.3) is 11.4 Å². The minimum Gasteiger partial charge on any atom is -0.497 e. The van der Waals surface area contributed by atoms with E-state index in [1.54, 1.807) is 14.2 Å². The third kappa shape index (κ3) is 5.51. The molecule has 0 spiro atoms. The number of fused-ring (bicyclic) bond motifs is 1. The molecule has 2 aromatic carbocycles. The number of ether oxygens (including phenoxy) is 3. The Morgan fingerprint density at radius 2 is 1.65 bits per heavy atom. The van der Waals surface area contributed by atoms with Crippen molar-refractivity contribution < 1.29 is 19.0 Å². The lowest BCUT2D eigenvalue weighted by Crippen LogP contribution is -2.33. The van der Waals surface area contributed by atoms with Crippen LogP contribution in [0.5, 0.6) is 11.5 Å². The summed E-state index contributed by atoms with van der Waals surface area (Å²) in [5, 5.41) is 3.35. The molecule has 1 aliphatic heterocycles. The van der Waals surface area contributed by atoms with Gasteiger partial charge < -0.3 is 19.5 Å². The topological polar surface area (TPSA) is 82.6 Å². The Kier molecular flexibility index (Phi) is 7.09. The monoisotopic (exact) mass is 479 g/mol. The van der Waals surface area contributed by atoms with E-state index in [1.165, 1.54) is 11.8 Å². The van der Waals surface area contributed by atoms with Gasteiger partial charge in [-0.05, 0) is 69.3 Å². The van der Waals surface area contributed by atoms with Gasteiger partial charge >= 0.3 is 0 Å². The minimum absolute atomic E-state index is 0.106. The molecular weight excluding hydrogens is 450 g/mol. The van der Waals surface area contributed by atoms with Gasteiger partial charge in [-0.1, -0.05) is 11.8 Å². The zero-order chi connectivity index (χ0) is 24.3. The lowest BCUT2D eigenvalue weighted by atomic mass is 9.96. The van der Waals surface area contributed by atoms with Gasteiger partial charge in [-0.2, -0.15) is 0 Å². The molecule has 4 rings (SSSR count). The van der Waals surface area contributed by atoms with Crippen molar-refractivity contribution in [3.8, 4) is 22.9 Å². The third-order valence-electron chi connectivity index (χ3n) is 5.62. The van der Waals surface area contributed by atoms with Crippen LogP contribution in [0, 0.1) is 0 Å². The van der Waals surface area contributed by atoms with Crippen LogP contribution in [0.1, 0.15) is 32.0 Å². The van der Waals surface area contributed by atoms with Crippen LogP contribution in [-0.4, -0.2) is 40.9 Å². The summed E-state index contributed by atoms with van der Waals surface area (Å²) in [7, 11) is 3.25. The second-order valence-corrected chi connectivity index (χ2v) is 10.0. The number of benzene rings is 2. The Morgan fingerprint density at radius 1 is 1.03 bits per heavy atom. The predicted molar refractivity (Wildman–Crippen MR) is 134 cm³/mol. The molecule has 1 atom stereocenters. The normalized spacial score (nSPS) is 15.2. The number of rotatable bonds is 7. The molecule has 1 amide bonds. The predicted octanol–water partition coefficient (Wildman–Crippen LogP) is 5.13. The number of carbonyl (C=O) groups excluding carboxylic acids is 1. The van der Waals surface area contributed by atoms with Crippen LogP contribution in [0.4, 0.5) is 5.69 Å². The van der Waals surface area contributed by atoms with Gasteiger partial charge in [0.15, 0.2) is 5.82 Å². The number of amides is 1. The van der Waals surface area contributed by atoms with Crippen LogP contribution in [0.15, 0.2) is 53.6 Å². The summed E-state index contributed by atoms with van der Waals surface area (Å²) < 4.78 is 16.5. The Hall–Kier alpha value is -3.10. The number of nitrogens with zero attached hydrogens (tertiary/aromatic N) is 2. The summed E-state index contributed by atoms with van der Waals surface area (Å²) in [4.78, 5) is 22.6. The highest BCUT2D eigenvalue weighted by molar-refractivity contribution is 8.00. The molecule has 7 nitrogen and oxygen atoms in total. The zero-order valence-corrected chi connectivity index (χ0v) is 20.9. The summed E-state index contributed by atoms with van der Waals surface area (Å²) in [6.07, 6.45) is 0.675. The Morgan fingerprint density at radius 3 is 2.26 bits per heavy atom. The lowest BCUT2D eigenvalue weighted by molar-refractivity contribution is -0.115. The molecule has 178 valence electrons. The Balaban J connectivity index is 1.60. The molecule has 8 heteroatoms. The molecule has 0 aliphatic carbocycles. The molecule has 1 aromatic heterocycles. The number of nitrogens with one attached hydrogen (secondary N) is 1. The van der Waals surface area contributed by atoms with Crippen molar-refractivity contribution in [2.75, 3.05) is 19.5 Å². The second kappa shape index (κ2) is 10.0. The van der Waals surface area contributed by atoms with E-state index in [2.05, 4.69) is 19.2 Å². The second-order valence-electron chi connectivity index (χ2n) is 8.71. The van der Waals surface area contributed by atoms with Gasteiger partial charge in [-0.15, -0.1) is 0 Å². The summed E-state index contributed by atoms with van der Waals surface area (Å²) in [5.74, 6) is 2.03. The first-order valence-corrected chi connectivity index (χ1v) is 12.0. The minimum atomic E-state index is -0.375. The number of hydrogen-bond acceptors (Lipinski definition) is 7. The summed E-state index contributed by atoms with van der Waals surface area (Å²) in [6, 6.07) is 14.9. The van der Waals surface area contributed by atoms with Crippen molar-refractivity contribution in [3.05, 3.63) is 59.8 Å². The molecule has 1 aliphatic rings. The molecule has 34 heavy (non-hydrogen) atoms. The molecule has 0 unspecified atom stereocenters. The number of methoxy groups -OCH3 is 2. The highest BCUT2D eigenvalue weighted by Crippen LogP contribution is 2.36. The van der Waals surface area contributed by atoms with Crippen molar-refractivity contribution in [1.82, 2.24) is 9.97 Å². The third-order valence-corrected chi connectivity index (χ3v) is 6.75. The van der Waals surface area contributed by atoms with E-state index in [0.717, 1.165) is 33.3 Å². The highest BCUT2D eigenvalue weighted by atomic mass is 32.2. The fourth-order valence-electron chi connectivity index (χ4n) is 3.63. The van der Waals surface area contributed by atoms with E-state index in [4.69, 9.17) is 24.2 Å². The van der Waals surface area contributed by atoms with Gasteiger partial charge in [0.1, 0.15) is 16.5 Å². The molecular formula is C26H29N3O4S. The average molecular weight is 480 g/mol. The van der Waals surface area contributed by atoms with Crippen LogP contribution in [0.2, 0.25) is 0 Å². The molecule has 1 N–H and O–H groups in total. The van der Waals surface area contributed by atoms with Gasteiger partial charge in [0, 0.05) is 23.2 Å². The summed E-state index contributed by atoms with van der Waals surface area (Å²) in [6.45, 7) is 6.41. The van der Waals surface area contributed by atoms with Gasteiger partial charge in [0.05, 0.1) is 37.4 Å². The van der Waals surface area contributed by atoms with Crippen LogP contribution in [0.3, 0.4) is 0 Å². The van der Waals surface area contributed by atoms with E-state index in [0.29, 0.717) is 24.5 Å². The van der Waals surface area contributed by atoms with Gasteiger partial charge in [-0.25, -0.2) is 9.97 Å². The molecule has 0 bridgehead atoms. The molecule has 2 heterocycles. The number of anilines is 1. The number of carbonyl (C=O) groups is 1. The van der Waals surface area contributed by atoms with Crippen molar-refractivity contribution in [3.63, 3.8) is 0 Å². The van der Waals surface area contributed by atoms with Crippen molar-refractivity contribution in [1.29, 1.82) is 0 Å². The maximum Gasteiger partial charge on any atom is 0.237 e. The van der Waals surface area contributed by atoms with E-state index >= 15 is 0 Å². The van der Waals surface area contributed by atoms with E-state index in [9.17, 15) is 4.79 Å². The van der Waals surface area contributed by atoms with E-state index < -0.39 is 0 Å². The molecule has 0 radical (unpaired) electrons. The maximum absolute atomic E-state index is 12.9. The molecule has 0 saturated heterocycles. The lowest BCUT2D eigenvalue weighted by Gasteiger charge is -2.32. The van der Waals surface area contributed by atoms with Crippen molar-refractivity contribution in [2.24, 2.45) is 0 Å². The smallest absolute Gasteiger partial charge is 0.237 e. The van der Waals surface area contributed by atoms with Crippen molar-refractivity contribution >= 4 is 23.4 Å². The molecule has 0 saturated carbocycles. The van der Waals surface area contributed by atoms with Crippen LogP contribution < -0.4 is 14.8 Å². The zero-order valence-electron chi connectivity index (χ0n) is 20.0. The first-order valence-electron chi connectivity index (χ1n) is 11.1. The Labute approximate surface area is 204 Å². The van der Waals surface area contributed by atoms with Crippen LogP contribution >= 0.6 is 11.8 Å². The number of thioether (sulfide) groups is 1.